The largest absolute Gasteiger partial charge is 0.481 e. The molecule has 1 rings (SSSR count). The van der Waals surface area contributed by atoms with Crippen LogP contribution in [0.2, 0.25) is 0 Å². The van der Waals surface area contributed by atoms with Crippen LogP contribution in [0.1, 0.15) is 72.1 Å². The number of aliphatic carboxylic acids is 4. The SMILES string of the molecule is CC(C)[C@H](NC(=O)[C@@H]1CCCN1C(=O)[C@H](CC(=O)O)NC(=O)CNC(=O)[C@H](CC(=O)O)NC(=O)[C@H](CO)NC(=O)[C@H](CCCN=C(N)N)NC(=O)[C@H](CCC(=O)O)NC(=O)[C@H](C)N)C(=O)O. The normalized spacial score (nSPS) is 16.3. The summed E-state index contributed by atoms with van der Waals surface area (Å²) in [4.78, 5) is 156. The van der Waals surface area contributed by atoms with Gasteiger partial charge in [-0.1, -0.05) is 13.8 Å². The Hall–Kier alpha value is -7.17. The van der Waals surface area contributed by atoms with Gasteiger partial charge in [0.25, 0.3) is 0 Å². The molecule has 0 radical (unpaired) electrons. The number of carbonyl (C=O) groups is 12. The number of amides is 8. The average molecular weight is 945 g/mol. The molecular formula is C37H60N12O17. The Morgan fingerprint density at radius 1 is 0.667 bits per heavy atom. The molecule has 0 bridgehead atoms. The zero-order chi connectivity index (χ0) is 50.4. The van der Waals surface area contributed by atoms with Gasteiger partial charge in [-0.15, -0.1) is 0 Å². The number of aliphatic imine (C=N–C) groups is 1. The van der Waals surface area contributed by atoms with Crippen LogP contribution in [0.25, 0.3) is 0 Å². The van der Waals surface area contributed by atoms with E-state index in [9.17, 15) is 78.0 Å². The van der Waals surface area contributed by atoms with Crippen LogP contribution in [-0.2, 0) is 57.5 Å². The second-order valence-electron chi connectivity index (χ2n) is 15.4. The van der Waals surface area contributed by atoms with Crippen molar-refractivity contribution in [3.05, 3.63) is 0 Å². The number of aliphatic hydroxyl groups is 1. The monoisotopic (exact) mass is 944 g/mol. The second kappa shape index (κ2) is 27.9. The number of carboxylic acids is 4. The number of aliphatic hydroxyl groups excluding tert-OH is 1. The standard InChI is InChI=1S/C37H60N12O17/c1-16(2)28(36(65)66)48-34(63)23-7-5-11-49(23)35(64)21(13-27(56)57)43-24(51)14-42-30(59)20(12-26(54)55)46-33(62)22(15-50)47-31(60)18(6-4-10-41-37(39)40)45-32(61)19(8-9-25(52)53)44-29(58)17(3)38/h16-23,28,50H,4-15,38H2,1-3H3,(H,42,59)(H,43,51)(H,44,58)(H,45,61)(H,46,62)(H,47,60)(H,48,63)(H,52,53)(H,54,55)(H,56,57)(H,65,66)(H4,39,40,41)/t17-,18-,19-,20-,21-,22-,23-,28-/m0/s1. The van der Waals surface area contributed by atoms with Gasteiger partial charge in [0.2, 0.25) is 47.3 Å². The van der Waals surface area contributed by atoms with Crippen LogP contribution in [0.15, 0.2) is 4.99 Å². The summed E-state index contributed by atoms with van der Waals surface area (Å²) in [5.41, 5.74) is 16.2. The van der Waals surface area contributed by atoms with Crippen molar-refractivity contribution in [2.75, 3.05) is 26.2 Å². The Morgan fingerprint density at radius 2 is 1.20 bits per heavy atom. The molecule has 0 spiro atoms. The lowest BCUT2D eigenvalue weighted by Gasteiger charge is -2.29. The van der Waals surface area contributed by atoms with Crippen molar-refractivity contribution in [2.24, 2.45) is 28.1 Å². The summed E-state index contributed by atoms with van der Waals surface area (Å²) in [6, 6.07) is -12.4. The number of rotatable bonds is 29. The minimum absolute atomic E-state index is 0.0151. The lowest BCUT2D eigenvalue weighted by atomic mass is 10.0. The molecule has 1 fully saturated rings. The van der Waals surface area contributed by atoms with Crippen LogP contribution < -0.4 is 54.4 Å². The minimum Gasteiger partial charge on any atom is -0.481 e. The first kappa shape index (κ1) is 56.8. The topological polar surface area (TPSA) is 484 Å². The molecule has 66 heavy (non-hydrogen) atoms. The zero-order valence-corrected chi connectivity index (χ0v) is 36.4. The number of guanidine groups is 1. The van der Waals surface area contributed by atoms with Crippen LogP contribution >= 0.6 is 0 Å². The van der Waals surface area contributed by atoms with Gasteiger partial charge in [0.15, 0.2) is 5.96 Å². The first-order chi connectivity index (χ1) is 30.8. The fourth-order valence-corrected chi connectivity index (χ4v) is 6.18. The number of carbonyl (C=O) groups excluding carboxylic acids is 8. The fourth-order valence-electron chi connectivity index (χ4n) is 6.18. The lowest BCUT2D eigenvalue weighted by molar-refractivity contribution is -0.147. The highest BCUT2D eigenvalue weighted by Gasteiger charge is 2.40. The molecule has 0 unspecified atom stereocenters. The van der Waals surface area contributed by atoms with Crippen LogP contribution in [0, 0.1) is 5.92 Å². The van der Waals surface area contributed by atoms with Crippen LogP contribution in [0.3, 0.4) is 0 Å². The van der Waals surface area contributed by atoms with Gasteiger partial charge >= 0.3 is 23.9 Å². The number of hydrogen-bond acceptors (Lipinski definition) is 15. The summed E-state index contributed by atoms with van der Waals surface area (Å²) >= 11 is 0. The lowest BCUT2D eigenvalue weighted by Crippen LogP contribution is -2.60. The van der Waals surface area contributed by atoms with E-state index in [1.165, 1.54) is 6.92 Å². The van der Waals surface area contributed by atoms with Crippen molar-refractivity contribution in [3.8, 4) is 0 Å². The van der Waals surface area contributed by atoms with Crippen LogP contribution in [0.5, 0.6) is 0 Å². The third-order valence-electron chi connectivity index (χ3n) is 9.60. The summed E-state index contributed by atoms with van der Waals surface area (Å²) in [5.74, 6) is -15.4. The molecular weight excluding hydrogens is 884 g/mol. The minimum atomic E-state index is -1.99. The molecule has 370 valence electrons. The van der Waals surface area contributed by atoms with Gasteiger partial charge in [-0.05, 0) is 44.9 Å². The van der Waals surface area contributed by atoms with Gasteiger partial charge in [0.1, 0.15) is 42.3 Å². The van der Waals surface area contributed by atoms with Gasteiger partial charge in [-0.3, -0.25) is 57.7 Å². The van der Waals surface area contributed by atoms with E-state index in [1.54, 1.807) is 13.8 Å². The van der Waals surface area contributed by atoms with E-state index in [4.69, 9.17) is 22.3 Å². The predicted octanol–water partition coefficient (Wildman–Crippen LogP) is -7.05. The van der Waals surface area contributed by atoms with E-state index < -0.39 is 164 Å². The van der Waals surface area contributed by atoms with Gasteiger partial charge < -0.3 is 84.9 Å². The third kappa shape index (κ3) is 20.1. The van der Waals surface area contributed by atoms with Crippen molar-refractivity contribution in [2.45, 2.75) is 120 Å². The summed E-state index contributed by atoms with van der Waals surface area (Å²) in [5, 5.41) is 62.9. The summed E-state index contributed by atoms with van der Waals surface area (Å²) in [6.45, 7) is 2.07. The molecule has 0 aromatic carbocycles. The second-order valence-corrected chi connectivity index (χ2v) is 15.4. The molecule has 1 aliphatic heterocycles. The molecule has 0 aromatic rings. The summed E-state index contributed by atoms with van der Waals surface area (Å²) < 4.78 is 0. The molecule has 1 heterocycles. The van der Waals surface area contributed by atoms with E-state index >= 15 is 0 Å². The Kier molecular flexibility index (Phi) is 24.0. The first-order valence-electron chi connectivity index (χ1n) is 20.5. The number of nitrogens with zero attached hydrogens (tertiary/aromatic N) is 2. The van der Waals surface area contributed by atoms with E-state index in [0.717, 1.165) is 4.90 Å². The van der Waals surface area contributed by atoms with Crippen LogP contribution in [-0.4, -0.2) is 182 Å². The first-order valence-corrected chi connectivity index (χ1v) is 20.5. The number of nitrogens with two attached hydrogens (primary N) is 3. The predicted molar refractivity (Wildman–Crippen MR) is 224 cm³/mol. The molecule has 18 N–H and O–H groups in total. The number of likely N-dealkylation sites (tertiary alicyclic amines) is 1. The molecule has 0 aromatic heterocycles. The maximum absolute atomic E-state index is 13.5. The van der Waals surface area contributed by atoms with Crippen molar-refractivity contribution in [1.82, 2.24) is 42.1 Å². The Morgan fingerprint density at radius 3 is 1.71 bits per heavy atom. The zero-order valence-electron chi connectivity index (χ0n) is 36.4. The van der Waals surface area contributed by atoms with Crippen LogP contribution in [0.4, 0.5) is 0 Å². The summed E-state index contributed by atoms with van der Waals surface area (Å²) in [6.07, 6.45) is -3.01. The molecule has 8 amide bonds. The Labute approximate surface area is 376 Å². The van der Waals surface area contributed by atoms with E-state index in [2.05, 4.69) is 31.6 Å². The fraction of sp³-hybridized carbons (Fsp3) is 0.649. The molecule has 0 saturated carbocycles. The maximum Gasteiger partial charge on any atom is 0.326 e. The molecule has 1 saturated heterocycles. The van der Waals surface area contributed by atoms with Crippen molar-refractivity contribution in [1.29, 1.82) is 0 Å². The Balaban J connectivity index is 3.17. The third-order valence-corrected chi connectivity index (χ3v) is 9.60. The number of nitrogens with one attached hydrogen (secondary N) is 7. The van der Waals surface area contributed by atoms with E-state index in [0.29, 0.717) is 0 Å². The van der Waals surface area contributed by atoms with Crippen molar-refractivity contribution < 1.29 is 83.1 Å². The number of carboxylic acid groups (broad SMARTS) is 4. The van der Waals surface area contributed by atoms with E-state index in [-0.39, 0.29) is 44.7 Å². The average Bonchev–Trinajstić information content (AvgIpc) is 3.72. The molecule has 1 aliphatic rings. The highest BCUT2D eigenvalue weighted by atomic mass is 16.4. The molecule has 0 aliphatic carbocycles. The maximum atomic E-state index is 13.5. The van der Waals surface area contributed by atoms with Gasteiger partial charge in [0.05, 0.1) is 32.0 Å². The summed E-state index contributed by atoms with van der Waals surface area (Å²) in [7, 11) is 0. The van der Waals surface area contributed by atoms with Crippen molar-refractivity contribution >= 4 is 77.1 Å². The van der Waals surface area contributed by atoms with Gasteiger partial charge in [0, 0.05) is 19.5 Å². The highest BCUT2D eigenvalue weighted by molar-refractivity contribution is 5.99. The quantitative estimate of drug-likeness (QED) is 0.0188. The molecule has 8 atom stereocenters. The Bertz CT molecular complexity index is 1840. The smallest absolute Gasteiger partial charge is 0.326 e. The van der Waals surface area contributed by atoms with Gasteiger partial charge in [-0.25, -0.2) is 4.79 Å². The number of hydrogen-bond donors (Lipinski definition) is 15. The van der Waals surface area contributed by atoms with E-state index in [1.807, 2.05) is 10.6 Å². The van der Waals surface area contributed by atoms with Gasteiger partial charge in [-0.2, -0.15) is 0 Å². The molecule has 29 heteroatoms. The highest BCUT2D eigenvalue weighted by Crippen LogP contribution is 2.20. The van der Waals surface area contributed by atoms with Crippen molar-refractivity contribution in [3.63, 3.8) is 0 Å². The molecule has 29 nitrogen and oxygen atoms in total.